The number of ether oxygens (including phenoxy) is 1. The summed E-state index contributed by atoms with van der Waals surface area (Å²) in [6.07, 6.45) is 0. The zero-order valence-electron chi connectivity index (χ0n) is 10.7. The van der Waals surface area contributed by atoms with Crippen molar-refractivity contribution < 1.29 is 9.53 Å². The van der Waals surface area contributed by atoms with E-state index in [9.17, 15) is 4.79 Å². The topological polar surface area (TPSA) is 90.4 Å². The summed E-state index contributed by atoms with van der Waals surface area (Å²) >= 11 is 0. The molecule has 0 bridgehead atoms. The fourth-order valence-electron chi connectivity index (χ4n) is 1.87. The van der Waals surface area contributed by atoms with Gasteiger partial charge in [-0.15, -0.1) is 0 Å². The lowest BCUT2D eigenvalue weighted by Gasteiger charge is -2.31. The van der Waals surface area contributed by atoms with Gasteiger partial charge >= 0.3 is 0 Å². The molecule has 0 saturated carbocycles. The Balaban J connectivity index is 2.31. The second kappa shape index (κ2) is 4.59. The van der Waals surface area contributed by atoms with Gasteiger partial charge in [0.05, 0.1) is 5.69 Å². The zero-order chi connectivity index (χ0) is 13.3. The fourth-order valence-corrected chi connectivity index (χ4v) is 1.87. The number of nitrogens with two attached hydrogens (primary N) is 2. The van der Waals surface area contributed by atoms with Crippen LogP contribution in [-0.2, 0) is 4.79 Å². The number of benzene rings is 1. The Labute approximate surface area is 106 Å². The minimum atomic E-state index is -0.201. The van der Waals surface area contributed by atoms with Gasteiger partial charge in [0.25, 0.3) is 5.91 Å². The van der Waals surface area contributed by atoms with Crippen LogP contribution in [0.1, 0.15) is 25.5 Å². The van der Waals surface area contributed by atoms with Gasteiger partial charge in [-0.3, -0.25) is 4.79 Å². The van der Waals surface area contributed by atoms with Gasteiger partial charge in [-0.25, -0.2) is 0 Å². The van der Waals surface area contributed by atoms with Crippen LogP contribution >= 0.6 is 0 Å². The van der Waals surface area contributed by atoms with Crippen molar-refractivity contribution in [2.24, 2.45) is 16.9 Å². The van der Waals surface area contributed by atoms with Crippen LogP contribution in [0.25, 0.3) is 0 Å². The Kier molecular flexibility index (Phi) is 3.28. The maximum atomic E-state index is 11.3. The molecule has 0 aliphatic carbocycles. The van der Waals surface area contributed by atoms with Crippen molar-refractivity contribution in [3.8, 4) is 5.75 Å². The van der Waals surface area contributed by atoms with Crippen LogP contribution in [0.15, 0.2) is 18.2 Å². The summed E-state index contributed by atoms with van der Waals surface area (Å²) in [5.41, 5.74) is 13.4. The normalized spacial score (nSPS) is 16.6. The average molecular weight is 249 g/mol. The molecule has 1 heterocycles. The van der Waals surface area contributed by atoms with Crippen LogP contribution < -0.4 is 21.5 Å². The highest BCUT2D eigenvalue weighted by Gasteiger charge is 2.27. The number of amides is 1. The molecule has 0 aromatic heterocycles. The molecule has 1 aliphatic rings. The van der Waals surface area contributed by atoms with E-state index in [-0.39, 0.29) is 24.0 Å². The number of rotatable bonds is 3. The van der Waals surface area contributed by atoms with Crippen molar-refractivity contribution in [2.45, 2.75) is 19.9 Å². The third kappa shape index (κ3) is 2.32. The maximum Gasteiger partial charge on any atom is 0.262 e. The molecule has 5 N–H and O–H groups in total. The molecule has 5 nitrogen and oxygen atoms in total. The number of anilines is 1. The Morgan fingerprint density at radius 1 is 1.50 bits per heavy atom. The molecule has 0 fully saturated rings. The first-order valence-electron chi connectivity index (χ1n) is 5.96. The van der Waals surface area contributed by atoms with Gasteiger partial charge in [-0.1, -0.05) is 19.9 Å². The molecule has 1 aromatic carbocycles. The molecule has 98 valence electrons. The molecular formula is C13H19N3O2. The highest BCUT2D eigenvalue weighted by Crippen LogP contribution is 2.35. The van der Waals surface area contributed by atoms with Crippen LogP contribution in [-0.4, -0.2) is 19.1 Å². The second-order valence-electron chi connectivity index (χ2n) is 5.26. The van der Waals surface area contributed by atoms with Gasteiger partial charge in [0.1, 0.15) is 5.75 Å². The molecule has 1 aliphatic heterocycles. The van der Waals surface area contributed by atoms with Crippen molar-refractivity contribution in [3.05, 3.63) is 23.8 Å². The minimum Gasteiger partial charge on any atom is -0.482 e. The van der Waals surface area contributed by atoms with E-state index in [1.807, 2.05) is 32.0 Å². The van der Waals surface area contributed by atoms with Crippen LogP contribution in [0.3, 0.4) is 0 Å². The van der Waals surface area contributed by atoms with Crippen LogP contribution in [0.4, 0.5) is 5.69 Å². The van der Waals surface area contributed by atoms with Gasteiger partial charge in [-0.2, -0.15) is 0 Å². The Morgan fingerprint density at radius 3 is 2.89 bits per heavy atom. The van der Waals surface area contributed by atoms with Crippen molar-refractivity contribution in [1.29, 1.82) is 0 Å². The molecule has 1 unspecified atom stereocenters. The third-order valence-electron chi connectivity index (χ3n) is 3.36. The lowest BCUT2D eigenvalue weighted by atomic mass is 9.81. The molecule has 1 amide bonds. The molecule has 5 heteroatoms. The summed E-state index contributed by atoms with van der Waals surface area (Å²) in [5, 5.41) is 2.77. The molecule has 2 rings (SSSR count). The van der Waals surface area contributed by atoms with E-state index in [1.165, 1.54) is 0 Å². The summed E-state index contributed by atoms with van der Waals surface area (Å²) in [5.74, 6) is 0.530. The Bertz CT molecular complexity index is 471. The molecule has 18 heavy (non-hydrogen) atoms. The van der Waals surface area contributed by atoms with Gasteiger partial charge in [0.2, 0.25) is 0 Å². The van der Waals surface area contributed by atoms with Crippen LogP contribution in [0, 0.1) is 5.41 Å². The summed E-state index contributed by atoms with van der Waals surface area (Å²) in [6.45, 7) is 4.60. The number of carbonyl (C=O) groups is 1. The maximum absolute atomic E-state index is 11.3. The van der Waals surface area contributed by atoms with E-state index in [4.69, 9.17) is 16.2 Å². The van der Waals surface area contributed by atoms with Gasteiger partial charge < -0.3 is 21.5 Å². The number of fused-ring (bicyclic) bond motifs is 1. The van der Waals surface area contributed by atoms with Gasteiger partial charge in [0.15, 0.2) is 6.61 Å². The number of hydrogen-bond donors (Lipinski definition) is 3. The van der Waals surface area contributed by atoms with Crippen molar-refractivity contribution in [2.75, 3.05) is 18.5 Å². The van der Waals surface area contributed by atoms with Gasteiger partial charge in [0, 0.05) is 6.04 Å². The minimum absolute atomic E-state index is 0.0622. The first-order valence-corrected chi connectivity index (χ1v) is 5.96. The van der Waals surface area contributed by atoms with E-state index < -0.39 is 0 Å². The summed E-state index contributed by atoms with van der Waals surface area (Å²) in [6, 6.07) is 5.41. The van der Waals surface area contributed by atoms with E-state index in [1.54, 1.807) is 0 Å². The SMILES string of the molecule is CC(C)(CN)C(N)c1ccc2c(c1)NC(=O)CO2. The molecule has 0 saturated heterocycles. The molecule has 0 radical (unpaired) electrons. The summed E-state index contributed by atoms with van der Waals surface area (Å²) in [7, 11) is 0. The third-order valence-corrected chi connectivity index (χ3v) is 3.36. The molecule has 1 aromatic rings. The Hall–Kier alpha value is -1.59. The standard InChI is InChI=1S/C13H19N3O2/c1-13(2,7-14)12(15)8-3-4-10-9(5-8)16-11(17)6-18-10/h3-5,12H,6-7,14-15H2,1-2H3,(H,16,17). The molecule has 1 atom stereocenters. The van der Waals surface area contributed by atoms with Crippen molar-refractivity contribution in [3.63, 3.8) is 0 Å². The number of carbonyl (C=O) groups excluding carboxylic acids is 1. The Morgan fingerprint density at radius 2 is 2.22 bits per heavy atom. The predicted molar refractivity (Wildman–Crippen MR) is 70.3 cm³/mol. The molecular weight excluding hydrogens is 230 g/mol. The average Bonchev–Trinajstić information content (AvgIpc) is 2.36. The molecule has 0 spiro atoms. The fraction of sp³-hybridized carbons (Fsp3) is 0.462. The summed E-state index contributed by atoms with van der Waals surface area (Å²) in [4.78, 5) is 11.3. The highest BCUT2D eigenvalue weighted by molar-refractivity contribution is 5.95. The summed E-state index contributed by atoms with van der Waals surface area (Å²) < 4.78 is 5.30. The first-order chi connectivity index (χ1) is 8.44. The van der Waals surface area contributed by atoms with E-state index in [2.05, 4.69) is 5.32 Å². The number of nitrogens with one attached hydrogen (secondary N) is 1. The lowest BCUT2D eigenvalue weighted by Crippen LogP contribution is -2.36. The van der Waals surface area contributed by atoms with Gasteiger partial charge in [-0.05, 0) is 29.7 Å². The lowest BCUT2D eigenvalue weighted by molar-refractivity contribution is -0.118. The quantitative estimate of drug-likeness (QED) is 0.745. The monoisotopic (exact) mass is 249 g/mol. The second-order valence-corrected chi connectivity index (χ2v) is 5.26. The van der Waals surface area contributed by atoms with E-state index in [0.717, 1.165) is 5.56 Å². The zero-order valence-corrected chi connectivity index (χ0v) is 10.7. The van der Waals surface area contributed by atoms with Crippen LogP contribution in [0.5, 0.6) is 5.75 Å². The van der Waals surface area contributed by atoms with Crippen LogP contribution in [0.2, 0.25) is 0 Å². The van der Waals surface area contributed by atoms with E-state index in [0.29, 0.717) is 18.0 Å². The van der Waals surface area contributed by atoms with Crippen molar-refractivity contribution in [1.82, 2.24) is 0 Å². The first kappa shape index (κ1) is 12.9. The highest BCUT2D eigenvalue weighted by atomic mass is 16.5. The number of hydrogen-bond acceptors (Lipinski definition) is 4. The van der Waals surface area contributed by atoms with E-state index >= 15 is 0 Å². The largest absolute Gasteiger partial charge is 0.482 e. The smallest absolute Gasteiger partial charge is 0.262 e. The predicted octanol–water partition coefficient (Wildman–Crippen LogP) is 1.00. The van der Waals surface area contributed by atoms with Crippen molar-refractivity contribution >= 4 is 11.6 Å².